The van der Waals surface area contributed by atoms with Gasteiger partial charge in [-0.15, -0.1) is 11.6 Å². The summed E-state index contributed by atoms with van der Waals surface area (Å²) in [7, 11) is -2.51. The van der Waals surface area contributed by atoms with Crippen LogP contribution in [0.15, 0.2) is 277 Å². The predicted octanol–water partition coefficient (Wildman–Crippen LogP) is 11.5. The van der Waals surface area contributed by atoms with Crippen LogP contribution < -0.4 is 101 Å². The van der Waals surface area contributed by atoms with Crippen LogP contribution in [-0.4, -0.2) is 136 Å². The number of nitrogens with one attached hydrogen (secondary N) is 3. The van der Waals surface area contributed by atoms with Crippen LogP contribution >= 0.6 is 43.5 Å². The molecule has 7 aromatic carbocycles. The number of benzene rings is 7. The van der Waals surface area contributed by atoms with Crippen LogP contribution in [0.4, 0.5) is 45.1 Å². The van der Waals surface area contributed by atoms with E-state index >= 15 is 0 Å². The second-order valence-corrected chi connectivity index (χ2v) is 26.7. The number of hydrogen-bond acceptors (Lipinski definition) is 18. The Bertz CT molecular complexity index is 5980. The van der Waals surface area contributed by atoms with E-state index in [1.807, 2.05) is 133 Å². The van der Waals surface area contributed by atoms with Gasteiger partial charge in [-0.3, -0.25) is 53.7 Å². The molecule has 0 saturated carbocycles. The van der Waals surface area contributed by atoms with Gasteiger partial charge in [-0.25, -0.2) is 37.9 Å². The molecule has 15 aromatic rings. The summed E-state index contributed by atoms with van der Waals surface area (Å²) in [5.74, 6) is -2.69. The number of nitrogen functional groups attached to an aromatic ring is 1. The standard InChI is InChI=1S/C23H15FN4O2.C22H17FN4O.C16H13BrN4O.C14H10BrN3.C6H6BFO2.C2H4ClNO.CH3F.CH4.2B.K.U.V.H/c24-17-7-5-15(6-8-17)14-1-3-16(4-2-14)20-11-21(28-13-22(29)27-23(28)30)18-12-25-10-9-19(18)26-20;23-17-7-5-15(6-8-17)14-1-3-16(4-2-14)20-11-21(26-13-22(24)28)18-12-25-10-9-19(18)27-20;17-11-3-1-10(2-4-11)14-7-15(20-9-16(18)22)12-8-19-6-5-13(12)21-14;15-10-3-1-9(2-4-10)14-7-12(16)11-8-17-6-5-13(11)18-14;8-6-3-1-5(2-4-6)7(9)10;3-1-2(4)5;1-2;;;;;;;/h1-12H,13H2,(H,27,29,30);1-12H,13H2,(H2,24,28)(H,26,27);1-8H,9H2,(H2,18,22)(H,20,21);1-8H,(H2,16,18);1-4,9-10H;1H2,(H2,4,5);1H3;1H4;;;;;;/q;;;;;;;;;;+1;;;-1/i;;;;;;1D;;;;;;;. The maximum Gasteiger partial charge on any atom is 1.00 e. The van der Waals surface area contributed by atoms with Gasteiger partial charge in [0.05, 0.1) is 72.1 Å². The number of urea groups is 1. The number of imide groups is 1. The fraction of sp³-hybridized carbons (Fsp3) is 0.0706. The number of alkyl halides is 2. The maximum absolute atomic E-state index is 13.2. The zero-order valence-corrected chi connectivity index (χ0v) is 76.1. The molecule has 603 valence electrons. The third-order valence-corrected chi connectivity index (χ3v) is 18.1. The second kappa shape index (κ2) is 51.0. The largest absolute Gasteiger partial charge is 1.00 e. The number of aromatic nitrogens is 8. The summed E-state index contributed by atoms with van der Waals surface area (Å²) in [5, 5.41) is 28.7. The average Bonchev–Trinajstić information content (AvgIpc) is 1.73. The number of nitrogens with zero attached hydrogens (tertiary/aromatic N) is 9. The van der Waals surface area contributed by atoms with Gasteiger partial charge in [0.25, 0.3) is 0 Å². The van der Waals surface area contributed by atoms with Crippen molar-refractivity contribution in [1.29, 1.82) is 0 Å². The van der Waals surface area contributed by atoms with Gasteiger partial charge in [-0.05, 0) is 137 Å². The van der Waals surface area contributed by atoms with E-state index in [4.69, 9.17) is 50.2 Å². The van der Waals surface area contributed by atoms with Crippen molar-refractivity contribution < 1.29 is 155 Å². The summed E-state index contributed by atoms with van der Waals surface area (Å²) in [6.45, 7) is 0.0422. The topological polar surface area (TPSA) is 372 Å². The molecule has 1 saturated heterocycles. The molecule has 36 heteroatoms. The number of pyridine rings is 8. The van der Waals surface area contributed by atoms with Gasteiger partial charge in [-0.1, -0.05) is 148 Å². The van der Waals surface area contributed by atoms with Crippen LogP contribution in [0.2, 0.25) is 0 Å². The number of amides is 6. The Kier molecular flexibility index (Phi) is 42.7. The molecule has 9 heterocycles. The first-order valence-electron chi connectivity index (χ1n) is 35.1. The first kappa shape index (κ1) is 101. The van der Waals surface area contributed by atoms with E-state index in [1.165, 1.54) is 53.4 Å². The smallest absolute Gasteiger partial charge is 1.00 e. The summed E-state index contributed by atoms with van der Waals surface area (Å²) in [6, 6.07) is 63.4. The quantitative estimate of drug-likeness (QED) is 0.0199. The van der Waals surface area contributed by atoms with E-state index in [9.17, 15) is 41.5 Å². The number of anilines is 4. The van der Waals surface area contributed by atoms with Crippen LogP contribution in [0, 0.1) is 48.6 Å². The molecule has 0 unspecified atom stereocenters. The molecule has 6 amide bonds. The van der Waals surface area contributed by atoms with Crippen LogP contribution in [0.1, 0.15) is 10.2 Å². The Morgan fingerprint density at radius 3 is 1.12 bits per heavy atom. The third-order valence-electron chi connectivity index (χ3n) is 16.7. The molecule has 7 radical (unpaired) electrons. The molecule has 8 aromatic heterocycles. The number of carbonyl (C=O) groups excluding carboxylic acids is 5. The van der Waals surface area contributed by atoms with Gasteiger partial charge in [0, 0.05) is 186 Å². The zero-order chi connectivity index (χ0) is 82.8. The Morgan fingerprint density at radius 2 is 0.793 bits per heavy atom. The number of nitrogens with two attached hydrogens (primary N) is 4. The molecular formula is C85H73B3Br2ClF4KN16O7UV. The van der Waals surface area contributed by atoms with Gasteiger partial charge in [0.2, 0.25) is 23.6 Å². The molecule has 1 aliphatic rings. The molecule has 0 aliphatic carbocycles. The normalized spacial score (nSPS) is 10.7. The molecule has 23 nitrogen and oxygen atoms in total. The minimum absolute atomic E-state index is 0. The fourth-order valence-corrected chi connectivity index (χ4v) is 11.7. The zero-order valence-electron chi connectivity index (χ0n) is 65.5. The molecule has 1 fully saturated rings. The molecule has 16 rings (SSSR count). The number of fused-ring (bicyclic) bond motifs is 4. The molecular weight excluding hydrogens is 1990 g/mol. The van der Waals surface area contributed by atoms with Crippen molar-refractivity contribution in [3.63, 3.8) is 0 Å². The molecule has 0 bridgehead atoms. The monoisotopic (exact) mass is 2060 g/mol. The molecule has 0 atom stereocenters. The van der Waals surface area contributed by atoms with Crippen molar-refractivity contribution in [3.05, 3.63) is 294 Å². The molecule has 1 aliphatic heterocycles. The Balaban J connectivity index is 0.000000393. The van der Waals surface area contributed by atoms with Crippen molar-refractivity contribution in [2.45, 2.75) is 7.43 Å². The number of carbonyl (C=O) groups is 5. The molecule has 0 spiro atoms. The summed E-state index contributed by atoms with van der Waals surface area (Å²) >= 11 is 11.7. The summed E-state index contributed by atoms with van der Waals surface area (Å²) in [6.07, 6.45) is 13.5. The minimum Gasteiger partial charge on any atom is -1.00 e. The average molecular weight is 2060 g/mol. The van der Waals surface area contributed by atoms with Crippen LogP contribution in [-0.2, 0) is 37.7 Å². The molecule has 13 N–H and O–H groups in total. The fourth-order valence-electron chi connectivity index (χ4n) is 11.2. The van der Waals surface area contributed by atoms with Gasteiger partial charge < -0.3 is 45.0 Å². The number of rotatable bonds is 15. The van der Waals surface area contributed by atoms with E-state index in [0.29, 0.717) is 33.4 Å². The summed E-state index contributed by atoms with van der Waals surface area (Å²) in [5.41, 5.74) is 38.0. The van der Waals surface area contributed by atoms with E-state index in [0.717, 1.165) is 115 Å². The summed E-state index contributed by atoms with van der Waals surface area (Å²) in [4.78, 5) is 92.1. The van der Waals surface area contributed by atoms with Crippen LogP contribution in [0.3, 0.4) is 0 Å². The van der Waals surface area contributed by atoms with Gasteiger partial charge in [0.15, 0.2) is 0 Å². The Hall–Kier alpha value is -10.1. The minimum atomic E-state index is -1.51. The first-order chi connectivity index (χ1) is 55.9. The van der Waals surface area contributed by atoms with Crippen molar-refractivity contribution in [2.75, 3.05) is 53.9 Å². The second-order valence-electron chi connectivity index (χ2n) is 24.6. The summed E-state index contributed by atoms with van der Waals surface area (Å²) < 4.78 is 56.0. The van der Waals surface area contributed by atoms with Crippen molar-refractivity contribution in [1.82, 2.24) is 45.2 Å². The number of hydrogen-bond donors (Lipinski definition) is 9. The molecule has 121 heavy (non-hydrogen) atoms. The third kappa shape index (κ3) is 29.6. The van der Waals surface area contributed by atoms with Gasteiger partial charge in [0.1, 0.15) is 29.9 Å². The first-order valence-corrected chi connectivity index (χ1v) is 36.5. The van der Waals surface area contributed by atoms with Gasteiger partial charge >= 0.3 is 64.5 Å². The van der Waals surface area contributed by atoms with E-state index < -0.39 is 38.0 Å². The van der Waals surface area contributed by atoms with E-state index in [-0.39, 0.29) is 176 Å². The van der Waals surface area contributed by atoms with Gasteiger partial charge in [-0.2, -0.15) is 0 Å². The van der Waals surface area contributed by atoms with E-state index in [1.54, 1.807) is 86.0 Å². The maximum atomic E-state index is 13.2. The SMILES string of the molecule is C.NC(=O)CCl.NC(=O)CNc1cc(-c2ccc(-c3ccc(F)cc3)cc2)nc2ccncc12.NC(=O)CNc1cc(-c2ccc(Br)cc2)nc2ccncc12.Nc1cc(-c2ccc(Br)cc2)nc2ccncc12.O=C1CN(c2cc(-c3ccc(-c4ccc(F)cc4)cc3)nc3ccncc23)C(=O)N1.OB(O)c1ccc(F)cc1.[2H]CF.[B].[B].[H-].[K+].[U].[V]. The number of primary amides is 3. The Labute approximate surface area is 801 Å². The van der Waals surface area contributed by atoms with Crippen LogP contribution in [0.25, 0.3) is 111 Å². The predicted molar refractivity (Wildman–Crippen MR) is 469 cm³/mol. The van der Waals surface area contributed by atoms with Crippen molar-refractivity contribution in [2.24, 2.45) is 17.2 Å². The van der Waals surface area contributed by atoms with E-state index in [2.05, 4.69) is 83.4 Å². The van der Waals surface area contributed by atoms with Crippen molar-refractivity contribution in [3.8, 4) is 67.3 Å². The van der Waals surface area contributed by atoms with Crippen LogP contribution in [0.5, 0.6) is 0 Å². The van der Waals surface area contributed by atoms with Crippen molar-refractivity contribution >= 4 is 169 Å². The number of halogens is 7. The Morgan fingerprint density at radius 1 is 0.504 bits per heavy atom.